The van der Waals surface area contributed by atoms with Gasteiger partial charge in [0.25, 0.3) is 0 Å². The molecule has 1 saturated carbocycles. The minimum absolute atomic E-state index is 0.0343. The number of carbonyl (C=O) groups is 1. The van der Waals surface area contributed by atoms with Crippen molar-refractivity contribution in [2.24, 2.45) is 11.7 Å². The highest BCUT2D eigenvalue weighted by Gasteiger charge is 2.24. The van der Waals surface area contributed by atoms with E-state index in [1.54, 1.807) is 4.68 Å². The number of rotatable bonds is 11. The topological polar surface area (TPSA) is 72.9 Å². The number of hydrogen-bond donors (Lipinski definition) is 2. The largest absolute Gasteiger partial charge is 0.326 e. The summed E-state index contributed by atoms with van der Waals surface area (Å²) in [7, 11) is 0. The second-order valence-corrected chi connectivity index (χ2v) is 9.96. The lowest BCUT2D eigenvalue weighted by atomic mass is 9.94. The van der Waals surface area contributed by atoms with Gasteiger partial charge in [-0.1, -0.05) is 67.3 Å². The van der Waals surface area contributed by atoms with Gasteiger partial charge in [0, 0.05) is 13.0 Å². The molecule has 1 aliphatic rings. The summed E-state index contributed by atoms with van der Waals surface area (Å²) < 4.78 is 1.74. The van der Waals surface area contributed by atoms with Crippen LogP contribution in [0.15, 0.2) is 85.4 Å². The molecule has 1 aliphatic carbocycles. The number of Topliss-reactive ketones (excluding diaryl/α,β-unsaturated/α-hetero) is 1. The third-order valence-electron chi connectivity index (χ3n) is 6.94. The minimum Gasteiger partial charge on any atom is -0.326 e. The van der Waals surface area contributed by atoms with Crippen molar-refractivity contribution in [3.63, 3.8) is 0 Å². The van der Waals surface area contributed by atoms with Gasteiger partial charge in [-0.25, -0.2) is 4.68 Å². The first-order valence-corrected chi connectivity index (χ1v) is 13.0. The average Bonchev–Trinajstić information content (AvgIpc) is 3.67. The number of nitrogens with two attached hydrogens (primary N) is 1. The van der Waals surface area contributed by atoms with Crippen LogP contribution in [0.4, 0.5) is 0 Å². The van der Waals surface area contributed by atoms with Crippen molar-refractivity contribution in [3.8, 4) is 5.69 Å². The Morgan fingerprint density at radius 3 is 2.54 bits per heavy atom. The van der Waals surface area contributed by atoms with Crippen molar-refractivity contribution in [1.82, 2.24) is 15.1 Å². The van der Waals surface area contributed by atoms with Gasteiger partial charge in [-0.3, -0.25) is 4.79 Å². The van der Waals surface area contributed by atoms with E-state index in [4.69, 9.17) is 5.73 Å². The van der Waals surface area contributed by atoms with Crippen LogP contribution in [0.25, 0.3) is 11.8 Å². The van der Waals surface area contributed by atoms with Crippen LogP contribution in [-0.2, 0) is 13.0 Å². The SMILES string of the molecule is C=Cc1cccc(C(NCC2CC2)c2cccc(CC(=O)c3cc(C)nn3-c3cccc(CN)c3)c2)c1. The van der Waals surface area contributed by atoms with E-state index < -0.39 is 0 Å². The minimum atomic E-state index is 0.0343. The number of benzene rings is 3. The fraction of sp³-hybridized carbons (Fsp3) is 0.250. The van der Waals surface area contributed by atoms with Gasteiger partial charge in [0.1, 0.15) is 5.69 Å². The van der Waals surface area contributed by atoms with Crippen LogP contribution in [0.3, 0.4) is 0 Å². The molecule has 188 valence electrons. The van der Waals surface area contributed by atoms with Gasteiger partial charge in [-0.15, -0.1) is 0 Å². The van der Waals surface area contributed by atoms with Crippen molar-refractivity contribution in [2.45, 2.75) is 38.8 Å². The van der Waals surface area contributed by atoms with E-state index >= 15 is 0 Å². The molecule has 5 heteroatoms. The fourth-order valence-corrected chi connectivity index (χ4v) is 4.77. The van der Waals surface area contributed by atoms with Crippen LogP contribution in [0.1, 0.15) is 62.9 Å². The van der Waals surface area contributed by atoms with E-state index in [-0.39, 0.29) is 11.8 Å². The number of nitrogens with zero attached hydrogens (tertiary/aromatic N) is 2. The second-order valence-electron chi connectivity index (χ2n) is 9.96. The summed E-state index contributed by atoms with van der Waals surface area (Å²) in [5.74, 6) is 0.795. The zero-order chi connectivity index (χ0) is 25.8. The van der Waals surface area contributed by atoms with Gasteiger partial charge in [0.2, 0.25) is 0 Å². The molecule has 0 amide bonds. The third kappa shape index (κ3) is 5.96. The monoisotopic (exact) mass is 490 g/mol. The Kier molecular flexibility index (Phi) is 7.45. The molecule has 0 saturated heterocycles. The third-order valence-corrected chi connectivity index (χ3v) is 6.94. The Balaban J connectivity index is 1.42. The van der Waals surface area contributed by atoms with E-state index in [2.05, 4.69) is 53.4 Å². The lowest BCUT2D eigenvalue weighted by molar-refractivity contribution is 0.0985. The van der Waals surface area contributed by atoms with Gasteiger partial charge >= 0.3 is 0 Å². The summed E-state index contributed by atoms with van der Waals surface area (Å²) in [6, 6.07) is 26.7. The van der Waals surface area contributed by atoms with Crippen molar-refractivity contribution in [2.75, 3.05) is 6.54 Å². The van der Waals surface area contributed by atoms with Gasteiger partial charge in [0.15, 0.2) is 5.78 Å². The summed E-state index contributed by atoms with van der Waals surface area (Å²) >= 11 is 0. The van der Waals surface area contributed by atoms with Crippen LogP contribution in [-0.4, -0.2) is 22.1 Å². The van der Waals surface area contributed by atoms with E-state index in [0.717, 1.165) is 46.1 Å². The summed E-state index contributed by atoms with van der Waals surface area (Å²) in [4.78, 5) is 13.5. The van der Waals surface area contributed by atoms with Crippen molar-refractivity contribution >= 4 is 11.9 Å². The molecule has 1 fully saturated rings. The molecule has 0 radical (unpaired) electrons. The Bertz CT molecular complexity index is 1420. The first kappa shape index (κ1) is 24.9. The Morgan fingerprint density at radius 2 is 1.78 bits per heavy atom. The molecular weight excluding hydrogens is 456 g/mol. The van der Waals surface area contributed by atoms with Crippen LogP contribution >= 0.6 is 0 Å². The van der Waals surface area contributed by atoms with E-state index in [0.29, 0.717) is 18.7 Å². The van der Waals surface area contributed by atoms with Gasteiger partial charge in [-0.05, 0) is 84.3 Å². The Hall–Kier alpha value is -3.80. The van der Waals surface area contributed by atoms with Gasteiger partial charge < -0.3 is 11.1 Å². The molecule has 1 aromatic heterocycles. The summed E-state index contributed by atoms with van der Waals surface area (Å²) in [6.45, 7) is 7.28. The normalized spacial score (nSPS) is 13.9. The molecule has 1 heterocycles. The summed E-state index contributed by atoms with van der Waals surface area (Å²) in [5.41, 5.74) is 13.5. The van der Waals surface area contributed by atoms with E-state index in [1.807, 2.05) is 55.5 Å². The predicted molar refractivity (Wildman–Crippen MR) is 150 cm³/mol. The molecule has 4 aromatic rings. The molecule has 3 N–H and O–H groups in total. The lowest BCUT2D eigenvalue weighted by Crippen LogP contribution is -2.25. The maximum Gasteiger partial charge on any atom is 0.185 e. The summed E-state index contributed by atoms with van der Waals surface area (Å²) in [6.07, 6.45) is 4.77. The highest BCUT2D eigenvalue weighted by molar-refractivity contribution is 5.96. The molecular formula is C32H34N4O. The maximum atomic E-state index is 13.5. The molecule has 5 nitrogen and oxygen atoms in total. The van der Waals surface area contributed by atoms with Crippen molar-refractivity contribution < 1.29 is 4.79 Å². The molecule has 37 heavy (non-hydrogen) atoms. The Labute approximate surface area is 219 Å². The first-order valence-electron chi connectivity index (χ1n) is 13.0. The van der Waals surface area contributed by atoms with E-state index in [1.165, 1.54) is 18.4 Å². The number of aromatic nitrogens is 2. The highest BCUT2D eigenvalue weighted by Crippen LogP contribution is 2.31. The van der Waals surface area contributed by atoms with Gasteiger partial charge in [-0.2, -0.15) is 5.10 Å². The fourth-order valence-electron chi connectivity index (χ4n) is 4.77. The standard InChI is InChI=1S/C32H34N4O/c1-3-23-7-4-10-27(16-23)32(34-21-24-13-14-24)28-11-5-8-25(17-28)19-31(37)30-15-22(2)35-36(30)29-12-6-9-26(18-29)20-33/h3-12,15-18,24,32,34H,1,13-14,19-21,33H2,2H3. The quantitative estimate of drug-likeness (QED) is 0.261. The van der Waals surface area contributed by atoms with E-state index in [9.17, 15) is 4.79 Å². The number of nitrogens with one attached hydrogen (secondary N) is 1. The van der Waals surface area contributed by atoms with Crippen molar-refractivity contribution in [1.29, 1.82) is 0 Å². The number of ketones is 1. The van der Waals surface area contributed by atoms with Crippen molar-refractivity contribution in [3.05, 3.63) is 125 Å². The highest BCUT2D eigenvalue weighted by atomic mass is 16.1. The average molecular weight is 491 g/mol. The lowest BCUT2D eigenvalue weighted by Gasteiger charge is -2.21. The second kappa shape index (κ2) is 11.1. The molecule has 3 aromatic carbocycles. The number of carbonyl (C=O) groups excluding carboxylic acids is 1. The number of aryl methyl sites for hydroxylation is 1. The first-order chi connectivity index (χ1) is 18.0. The zero-order valence-electron chi connectivity index (χ0n) is 21.4. The molecule has 5 rings (SSSR count). The molecule has 0 bridgehead atoms. The molecule has 1 atom stereocenters. The molecule has 1 unspecified atom stereocenters. The van der Waals surface area contributed by atoms with Crippen LogP contribution in [0.5, 0.6) is 0 Å². The maximum absolute atomic E-state index is 13.5. The zero-order valence-corrected chi connectivity index (χ0v) is 21.4. The molecule has 0 spiro atoms. The Morgan fingerprint density at radius 1 is 1.05 bits per heavy atom. The smallest absolute Gasteiger partial charge is 0.185 e. The summed E-state index contributed by atoms with van der Waals surface area (Å²) in [5, 5.41) is 8.38. The predicted octanol–water partition coefficient (Wildman–Crippen LogP) is 5.80. The van der Waals surface area contributed by atoms with Crippen LogP contribution < -0.4 is 11.1 Å². The van der Waals surface area contributed by atoms with Crippen LogP contribution in [0.2, 0.25) is 0 Å². The van der Waals surface area contributed by atoms with Crippen LogP contribution in [0, 0.1) is 12.8 Å². The number of hydrogen-bond acceptors (Lipinski definition) is 4. The molecule has 0 aliphatic heterocycles. The van der Waals surface area contributed by atoms with Gasteiger partial charge in [0.05, 0.1) is 17.4 Å².